The van der Waals surface area contributed by atoms with Crippen LogP contribution in [0.5, 0.6) is 0 Å². The molecule has 0 spiro atoms. The molecule has 18 heavy (non-hydrogen) atoms. The number of benzene rings is 1. The third kappa shape index (κ3) is 3.30. The van der Waals surface area contributed by atoms with Crippen molar-refractivity contribution in [2.24, 2.45) is 0 Å². The van der Waals surface area contributed by atoms with Gasteiger partial charge in [-0.2, -0.15) is 0 Å². The number of thiazole rings is 1. The van der Waals surface area contributed by atoms with E-state index >= 15 is 0 Å². The molecule has 2 aromatic rings. The van der Waals surface area contributed by atoms with Crippen molar-refractivity contribution in [2.45, 2.75) is 19.9 Å². The second-order valence-electron chi connectivity index (χ2n) is 4.02. The molecule has 0 aliphatic heterocycles. The van der Waals surface area contributed by atoms with E-state index in [9.17, 15) is 4.79 Å². The van der Waals surface area contributed by atoms with Crippen LogP contribution in [0.2, 0.25) is 0 Å². The number of nitrogen functional groups attached to an aromatic ring is 1. The molecule has 0 aliphatic rings. The summed E-state index contributed by atoms with van der Waals surface area (Å²) in [4.78, 5) is 17.1. The lowest BCUT2D eigenvalue weighted by atomic mass is 10.1. The van der Waals surface area contributed by atoms with E-state index in [1.165, 1.54) is 0 Å². The van der Waals surface area contributed by atoms with E-state index in [0.717, 1.165) is 15.4 Å². The second-order valence-corrected chi connectivity index (χ2v) is 5.34. The quantitative estimate of drug-likeness (QED) is 0.826. The molecule has 0 saturated carbocycles. The molecule has 0 fully saturated rings. The Labute approximate surface area is 110 Å². The van der Waals surface area contributed by atoms with Crippen LogP contribution in [0.15, 0.2) is 30.5 Å². The first-order valence-corrected chi connectivity index (χ1v) is 6.48. The van der Waals surface area contributed by atoms with Crippen LogP contribution in [0.1, 0.15) is 15.4 Å². The van der Waals surface area contributed by atoms with Crippen LogP contribution < -0.4 is 11.1 Å². The van der Waals surface area contributed by atoms with Gasteiger partial charge in [0.2, 0.25) is 5.91 Å². The van der Waals surface area contributed by atoms with Gasteiger partial charge in [-0.1, -0.05) is 18.2 Å². The van der Waals surface area contributed by atoms with Crippen molar-refractivity contribution in [3.05, 3.63) is 45.9 Å². The number of hydrogen-bond donors (Lipinski definition) is 2. The number of nitrogens with one attached hydrogen (secondary N) is 1. The fourth-order valence-electron chi connectivity index (χ4n) is 1.59. The minimum Gasteiger partial charge on any atom is -0.398 e. The number of rotatable bonds is 4. The Hall–Kier alpha value is -1.88. The van der Waals surface area contributed by atoms with Crippen LogP contribution in [0, 0.1) is 6.92 Å². The highest BCUT2D eigenvalue weighted by molar-refractivity contribution is 7.11. The van der Waals surface area contributed by atoms with Crippen LogP contribution in [-0.2, 0) is 17.8 Å². The summed E-state index contributed by atoms with van der Waals surface area (Å²) >= 11 is 1.59. The van der Waals surface area contributed by atoms with Gasteiger partial charge in [0.15, 0.2) is 0 Å². The van der Waals surface area contributed by atoms with Crippen molar-refractivity contribution < 1.29 is 4.79 Å². The number of anilines is 1. The molecule has 0 aliphatic carbocycles. The van der Waals surface area contributed by atoms with Gasteiger partial charge in [-0.25, -0.2) is 4.98 Å². The summed E-state index contributed by atoms with van der Waals surface area (Å²) in [6.07, 6.45) is 2.11. The van der Waals surface area contributed by atoms with Gasteiger partial charge in [0, 0.05) is 16.8 Å². The number of aromatic nitrogens is 1. The highest BCUT2D eigenvalue weighted by Gasteiger charge is 2.06. The number of nitrogens with zero attached hydrogens (tertiary/aromatic N) is 1. The number of carbonyl (C=O) groups excluding carboxylic acids is 1. The summed E-state index contributed by atoms with van der Waals surface area (Å²) in [5.74, 6) is -0.0410. The first-order chi connectivity index (χ1) is 8.65. The molecule has 5 heteroatoms. The predicted octanol–water partition coefficient (Wildman–Crippen LogP) is 1.89. The topological polar surface area (TPSA) is 68.0 Å². The van der Waals surface area contributed by atoms with Crippen LogP contribution in [-0.4, -0.2) is 10.9 Å². The van der Waals surface area contributed by atoms with E-state index in [1.807, 2.05) is 25.1 Å². The molecule has 2 rings (SSSR count). The SMILES string of the molecule is Cc1cnc(CNC(=O)Cc2ccccc2N)s1. The van der Waals surface area contributed by atoms with Gasteiger partial charge in [0.05, 0.1) is 13.0 Å². The first-order valence-electron chi connectivity index (χ1n) is 5.66. The number of amides is 1. The Morgan fingerprint density at radius 3 is 2.89 bits per heavy atom. The van der Waals surface area contributed by atoms with E-state index in [-0.39, 0.29) is 5.91 Å². The van der Waals surface area contributed by atoms with Crippen LogP contribution in [0.3, 0.4) is 0 Å². The average Bonchev–Trinajstić information content (AvgIpc) is 2.76. The van der Waals surface area contributed by atoms with Crippen LogP contribution >= 0.6 is 11.3 Å². The van der Waals surface area contributed by atoms with E-state index in [0.29, 0.717) is 18.7 Å². The van der Waals surface area contributed by atoms with Crippen molar-refractivity contribution >= 4 is 22.9 Å². The second kappa shape index (κ2) is 5.64. The Kier molecular flexibility index (Phi) is 3.94. The summed E-state index contributed by atoms with van der Waals surface area (Å²) < 4.78 is 0. The maximum atomic E-state index is 11.8. The molecule has 3 N–H and O–H groups in total. The monoisotopic (exact) mass is 261 g/mol. The third-order valence-corrected chi connectivity index (χ3v) is 3.42. The molecule has 0 saturated heterocycles. The third-order valence-electron chi connectivity index (χ3n) is 2.51. The number of aryl methyl sites for hydroxylation is 1. The number of carbonyl (C=O) groups is 1. The average molecular weight is 261 g/mol. The molecule has 1 heterocycles. The maximum absolute atomic E-state index is 11.8. The summed E-state index contributed by atoms with van der Waals surface area (Å²) in [5.41, 5.74) is 7.29. The highest BCUT2D eigenvalue weighted by Crippen LogP contribution is 2.12. The molecule has 1 aromatic carbocycles. The summed E-state index contributed by atoms with van der Waals surface area (Å²) in [6, 6.07) is 7.40. The molecule has 94 valence electrons. The largest absolute Gasteiger partial charge is 0.398 e. The lowest BCUT2D eigenvalue weighted by molar-refractivity contribution is -0.120. The number of hydrogen-bond acceptors (Lipinski definition) is 4. The summed E-state index contributed by atoms with van der Waals surface area (Å²) in [5, 5.41) is 3.76. The van der Waals surface area contributed by atoms with Crippen LogP contribution in [0.25, 0.3) is 0 Å². The zero-order valence-electron chi connectivity index (χ0n) is 10.1. The van der Waals surface area contributed by atoms with Crippen molar-refractivity contribution in [1.29, 1.82) is 0 Å². The molecule has 0 unspecified atom stereocenters. The van der Waals surface area contributed by atoms with Gasteiger partial charge in [0.25, 0.3) is 0 Å². The van der Waals surface area contributed by atoms with Crippen LogP contribution in [0.4, 0.5) is 5.69 Å². The molecule has 0 bridgehead atoms. The fraction of sp³-hybridized carbons (Fsp3) is 0.231. The molecule has 0 atom stereocenters. The molecular weight excluding hydrogens is 246 g/mol. The van der Waals surface area contributed by atoms with Crippen molar-refractivity contribution in [3.63, 3.8) is 0 Å². The van der Waals surface area contributed by atoms with Gasteiger partial charge >= 0.3 is 0 Å². The first kappa shape index (κ1) is 12.6. The Morgan fingerprint density at radius 1 is 1.44 bits per heavy atom. The highest BCUT2D eigenvalue weighted by atomic mass is 32.1. The van der Waals surface area contributed by atoms with Gasteiger partial charge in [0.1, 0.15) is 5.01 Å². The van der Waals surface area contributed by atoms with E-state index in [1.54, 1.807) is 23.6 Å². The van der Waals surface area contributed by atoms with E-state index in [4.69, 9.17) is 5.73 Å². The normalized spacial score (nSPS) is 10.3. The zero-order chi connectivity index (χ0) is 13.0. The summed E-state index contributed by atoms with van der Waals surface area (Å²) in [6.45, 7) is 2.47. The molecule has 1 aromatic heterocycles. The van der Waals surface area contributed by atoms with Crippen molar-refractivity contribution in [2.75, 3.05) is 5.73 Å². The molecule has 4 nitrogen and oxygen atoms in total. The van der Waals surface area contributed by atoms with Gasteiger partial charge in [-0.05, 0) is 18.6 Å². The van der Waals surface area contributed by atoms with Gasteiger partial charge in [-0.15, -0.1) is 11.3 Å². The van der Waals surface area contributed by atoms with E-state index < -0.39 is 0 Å². The summed E-state index contributed by atoms with van der Waals surface area (Å²) in [7, 11) is 0. The number of para-hydroxylation sites is 1. The van der Waals surface area contributed by atoms with Gasteiger partial charge in [-0.3, -0.25) is 4.79 Å². The number of nitrogens with two attached hydrogens (primary N) is 1. The van der Waals surface area contributed by atoms with Crippen molar-refractivity contribution in [3.8, 4) is 0 Å². The standard InChI is InChI=1S/C13H15N3OS/c1-9-7-16-13(18-9)8-15-12(17)6-10-4-2-3-5-11(10)14/h2-5,7H,6,8,14H2,1H3,(H,15,17). The molecule has 0 radical (unpaired) electrons. The Morgan fingerprint density at radius 2 is 2.22 bits per heavy atom. The molecule has 1 amide bonds. The fourth-order valence-corrected chi connectivity index (χ4v) is 2.31. The smallest absolute Gasteiger partial charge is 0.224 e. The molecular formula is C13H15N3OS. The maximum Gasteiger partial charge on any atom is 0.224 e. The minimum absolute atomic E-state index is 0.0410. The lowest BCUT2D eigenvalue weighted by Gasteiger charge is -2.05. The predicted molar refractivity (Wildman–Crippen MR) is 73.3 cm³/mol. The zero-order valence-corrected chi connectivity index (χ0v) is 11.0. The lowest BCUT2D eigenvalue weighted by Crippen LogP contribution is -2.24. The minimum atomic E-state index is -0.0410. The Bertz CT molecular complexity index is 551. The van der Waals surface area contributed by atoms with Crippen molar-refractivity contribution in [1.82, 2.24) is 10.3 Å². The van der Waals surface area contributed by atoms with E-state index in [2.05, 4.69) is 10.3 Å². The Balaban J connectivity index is 1.88. The van der Waals surface area contributed by atoms with Gasteiger partial charge < -0.3 is 11.1 Å².